The van der Waals surface area contributed by atoms with E-state index in [1.807, 2.05) is 24.3 Å². The molecule has 0 aliphatic rings. The molecule has 0 saturated heterocycles. The third kappa shape index (κ3) is 2.72. The average molecular weight is 311 g/mol. The van der Waals surface area contributed by atoms with E-state index in [9.17, 15) is 0 Å². The lowest BCUT2D eigenvalue weighted by molar-refractivity contribution is 0.849. The number of hydrogen-bond acceptors (Lipinski definition) is 4. The molecule has 0 heterocycles. The van der Waals surface area contributed by atoms with Crippen molar-refractivity contribution in [2.24, 2.45) is 0 Å². The molecule has 2 rings (SSSR count). The van der Waals surface area contributed by atoms with Gasteiger partial charge in [-0.25, -0.2) is 0 Å². The van der Waals surface area contributed by atoms with Crippen LogP contribution in [0.5, 0.6) is 0 Å². The summed E-state index contributed by atoms with van der Waals surface area (Å²) >= 11 is 17.9. The van der Waals surface area contributed by atoms with Crippen LogP contribution in [0.1, 0.15) is 24.0 Å². The fourth-order valence-electron chi connectivity index (χ4n) is 1.96. The Hall–Kier alpha value is -0.160. The lowest BCUT2D eigenvalue weighted by Crippen LogP contribution is -1.99. The molecule has 0 amide bonds. The first-order valence-corrected chi connectivity index (χ1v) is 7.33. The van der Waals surface area contributed by atoms with Gasteiger partial charge in [-0.1, -0.05) is 31.2 Å². The first-order chi connectivity index (χ1) is 8.52. The standard InChI is InChI=1S/C14H14S4/c1-8(9-4-2-6-11(15)13(9)17)10-5-3-7-12(16)14(10)18/h2-8,15-18H,1H3. The zero-order valence-electron chi connectivity index (χ0n) is 9.83. The third-order valence-corrected chi connectivity index (χ3v) is 5.12. The molecule has 0 spiro atoms. The van der Waals surface area contributed by atoms with Gasteiger partial charge in [0.15, 0.2) is 0 Å². The predicted octanol–water partition coefficient (Wildman–Crippen LogP) is 4.99. The molecule has 0 atom stereocenters. The number of thiol groups is 4. The Morgan fingerprint density at radius 2 is 1.11 bits per heavy atom. The molecule has 94 valence electrons. The Morgan fingerprint density at radius 1 is 0.722 bits per heavy atom. The van der Waals surface area contributed by atoms with Crippen molar-refractivity contribution in [3.05, 3.63) is 47.5 Å². The molecule has 2 aromatic rings. The molecule has 0 fully saturated rings. The van der Waals surface area contributed by atoms with Crippen molar-refractivity contribution in [3.63, 3.8) is 0 Å². The molecule has 0 aliphatic heterocycles. The van der Waals surface area contributed by atoms with Gasteiger partial charge >= 0.3 is 0 Å². The lowest BCUT2D eigenvalue weighted by atomic mass is 9.93. The Labute approximate surface area is 130 Å². The molecular weight excluding hydrogens is 296 g/mol. The van der Waals surface area contributed by atoms with Crippen LogP contribution in [0, 0.1) is 0 Å². The highest BCUT2D eigenvalue weighted by atomic mass is 32.1. The van der Waals surface area contributed by atoms with Gasteiger partial charge < -0.3 is 0 Å². The Kier molecular flexibility index (Phi) is 4.64. The van der Waals surface area contributed by atoms with E-state index in [4.69, 9.17) is 0 Å². The Morgan fingerprint density at radius 3 is 1.50 bits per heavy atom. The summed E-state index contributed by atoms with van der Waals surface area (Å²) in [6, 6.07) is 12.0. The second-order valence-electron chi connectivity index (χ2n) is 4.15. The maximum Gasteiger partial charge on any atom is 0.0212 e. The highest BCUT2D eigenvalue weighted by molar-refractivity contribution is 7.84. The minimum Gasteiger partial charge on any atom is -0.142 e. The van der Waals surface area contributed by atoms with Crippen LogP contribution in [0.3, 0.4) is 0 Å². The highest BCUT2D eigenvalue weighted by Crippen LogP contribution is 2.36. The zero-order chi connectivity index (χ0) is 13.3. The predicted molar refractivity (Wildman–Crippen MR) is 89.4 cm³/mol. The fraction of sp³-hybridized carbons (Fsp3) is 0.143. The molecule has 18 heavy (non-hydrogen) atoms. The van der Waals surface area contributed by atoms with E-state index in [0.717, 1.165) is 30.7 Å². The van der Waals surface area contributed by atoms with Crippen molar-refractivity contribution in [2.45, 2.75) is 32.4 Å². The largest absolute Gasteiger partial charge is 0.142 e. The molecule has 0 saturated carbocycles. The summed E-state index contributed by atoms with van der Waals surface area (Å²) in [7, 11) is 0. The van der Waals surface area contributed by atoms with Crippen molar-refractivity contribution in [3.8, 4) is 0 Å². The minimum atomic E-state index is 0.212. The normalized spacial score (nSPS) is 11.0. The van der Waals surface area contributed by atoms with Gasteiger partial charge in [-0.3, -0.25) is 0 Å². The van der Waals surface area contributed by atoms with Gasteiger partial charge in [-0.05, 0) is 23.3 Å². The van der Waals surface area contributed by atoms with Crippen LogP contribution in [0.25, 0.3) is 0 Å². The lowest BCUT2D eigenvalue weighted by Gasteiger charge is -2.18. The quantitative estimate of drug-likeness (QED) is 0.552. The molecule has 2 aromatic carbocycles. The van der Waals surface area contributed by atoms with Crippen LogP contribution in [0.4, 0.5) is 0 Å². The maximum absolute atomic E-state index is 4.54. The van der Waals surface area contributed by atoms with Crippen molar-refractivity contribution in [1.82, 2.24) is 0 Å². The monoisotopic (exact) mass is 310 g/mol. The van der Waals surface area contributed by atoms with E-state index in [1.165, 1.54) is 0 Å². The Balaban J connectivity index is 2.51. The van der Waals surface area contributed by atoms with Crippen molar-refractivity contribution in [1.29, 1.82) is 0 Å². The van der Waals surface area contributed by atoms with E-state index in [-0.39, 0.29) is 5.92 Å². The Bertz CT molecular complexity index is 527. The summed E-state index contributed by atoms with van der Waals surface area (Å²) in [5.41, 5.74) is 2.31. The molecule has 0 bridgehead atoms. The van der Waals surface area contributed by atoms with Gasteiger partial charge in [-0.2, -0.15) is 0 Å². The minimum absolute atomic E-state index is 0.212. The maximum atomic E-state index is 4.54. The van der Waals surface area contributed by atoms with Crippen LogP contribution in [-0.2, 0) is 0 Å². The number of hydrogen-bond donors (Lipinski definition) is 4. The first-order valence-electron chi connectivity index (χ1n) is 5.54. The number of rotatable bonds is 2. The van der Waals surface area contributed by atoms with Gasteiger partial charge in [0.2, 0.25) is 0 Å². The summed E-state index contributed by atoms with van der Waals surface area (Å²) in [6.07, 6.45) is 0. The van der Waals surface area contributed by atoms with Crippen molar-refractivity contribution >= 4 is 50.5 Å². The second-order valence-corrected chi connectivity index (χ2v) is 6.01. The highest BCUT2D eigenvalue weighted by Gasteiger charge is 2.15. The summed E-state index contributed by atoms with van der Waals surface area (Å²) < 4.78 is 0. The van der Waals surface area contributed by atoms with Crippen LogP contribution in [0.2, 0.25) is 0 Å². The van der Waals surface area contributed by atoms with E-state index in [1.54, 1.807) is 0 Å². The van der Waals surface area contributed by atoms with Crippen molar-refractivity contribution < 1.29 is 0 Å². The molecule has 0 radical (unpaired) electrons. The van der Waals surface area contributed by atoms with E-state index < -0.39 is 0 Å². The van der Waals surface area contributed by atoms with Crippen LogP contribution in [-0.4, -0.2) is 0 Å². The third-order valence-electron chi connectivity index (χ3n) is 3.02. The van der Waals surface area contributed by atoms with Crippen LogP contribution in [0.15, 0.2) is 56.0 Å². The van der Waals surface area contributed by atoms with E-state index in [0.29, 0.717) is 0 Å². The SMILES string of the molecule is CC(c1cccc(S)c1S)c1cccc(S)c1S. The molecule has 4 heteroatoms. The summed E-state index contributed by atoms with van der Waals surface area (Å²) in [6.45, 7) is 2.14. The molecular formula is C14H14S4. The second kappa shape index (κ2) is 5.87. The molecule has 0 aromatic heterocycles. The topological polar surface area (TPSA) is 0 Å². The first kappa shape index (κ1) is 14.3. The summed E-state index contributed by atoms with van der Waals surface area (Å²) in [5.74, 6) is 0.212. The van der Waals surface area contributed by atoms with Gasteiger partial charge in [0, 0.05) is 25.5 Å². The molecule has 0 N–H and O–H groups in total. The molecule has 0 nitrogen and oxygen atoms in total. The van der Waals surface area contributed by atoms with Gasteiger partial charge in [0.05, 0.1) is 0 Å². The van der Waals surface area contributed by atoms with E-state index in [2.05, 4.69) is 69.6 Å². The van der Waals surface area contributed by atoms with Crippen molar-refractivity contribution in [2.75, 3.05) is 0 Å². The zero-order valence-corrected chi connectivity index (χ0v) is 13.4. The summed E-state index contributed by atoms with van der Waals surface area (Å²) in [4.78, 5) is 3.63. The smallest absolute Gasteiger partial charge is 0.0212 e. The van der Waals surface area contributed by atoms with Gasteiger partial charge in [0.1, 0.15) is 0 Å². The van der Waals surface area contributed by atoms with Crippen LogP contribution < -0.4 is 0 Å². The molecule has 0 unspecified atom stereocenters. The molecule has 0 aliphatic carbocycles. The van der Waals surface area contributed by atoms with Gasteiger partial charge in [0.25, 0.3) is 0 Å². The summed E-state index contributed by atoms with van der Waals surface area (Å²) in [5, 5.41) is 0. The fourth-order valence-corrected chi connectivity index (χ4v) is 3.08. The van der Waals surface area contributed by atoms with E-state index >= 15 is 0 Å². The van der Waals surface area contributed by atoms with Gasteiger partial charge in [-0.15, -0.1) is 50.5 Å². The number of benzene rings is 2. The van der Waals surface area contributed by atoms with Crippen LogP contribution >= 0.6 is 50.5 Å². The average Bonchev–Trinajstić information content (AvgIpc) is 2.35.